The Kier molecular flexibility index (Phi) is 6.83. The molecule has 0 saturated carbocycles. The summed E-state index contributed by atoms with van der Waals surface area (Å²) >= 11 is 0. The van der Waals surface area contributed by atoms with Gasteiger partial charge in [0.15, 0.2) is 0 Å². The van der Waals surface area contributed by atoms with Crippen LogP contribution >= 0.6 is 0 Å². The van der Waals surface area contributed by atoms with Crippen molar-refractivity contribution in [3.8, 4) is 16.9 Å². The number of benzene rings is 2. The average molecular weight is 442 g/mol. The van der Waals surface area contributed by atoms with Gasteiger partial charge < -0.3 is 14.5 Å². The molecule has 0 unspecified atom stereocenters. The van der Waals surface area contributed by atoms with E-state index in [0.29, 0.717) is 31.7 Å². The summed E-state index contributed by atoms with van der Waals surface area (Å²) in [6.07, 6.45) is 3.74. The summed E-state index contributed by atoms with van der Waals surface area (Å²) in [5, 5.41) is 0. The van der Waals surface area contributed by atoms with Gasteiger partial charge in [0.05, 0.1) is 7.11 Å². The lowest BCUT2D eigenvalue weighted by Gasteiger charge is -2.40. The maximum atomic E-state index is 13.3. The maximum absolute atomic E-state index is 13.3. The molecule has 0 bridgehead atoms. The lowest BCUT2D eigenvalue weighted by molar-refractivity contribution is -0.139. The number of hydrogen-bond acceptors (Lipinski definition) is 4. The van der Waals surface area contributed by atoms with Crippen molar-refractivity contribution >= 4 is 11.8 Å². The fourth-order valence-corrected chi connectivity index (χ4v) is 4.14. The number of carbonyl (C=O) groups is 2. The Morgan fingerprint density at radius 2 is 1.91 bits per heavy atom. The summed E-state index contributed by atoms with van der Waals surface area (Å²) in [4.78, 5) is 34.2. The first-order chi connectivity index (χ1) is 16.1. The van der Waals surface area contributed by atoms with Gasteiger partial charge in [-0.1, -0.05) is 48.5 Å². The third kappa shape index (κ3) is 4.95. The largest absolute Gasteiger partial charge is 0.497 e. The molecule has 1 aliphatic heterocycles. The number of amides is 2. The van der Waals surface area contributed by atoms with E-state index in [0.717, 1.165) is 22.4 Å². The molecule has 2 aromatic carbocycles. The molecule has 33 heavy (non-hydrogen) atoms. The van der Waals surface area contributed by atoms with Gasteiger partial charge in [-0.05, 0) is 41.0 Å². The van der Waals surface area contributed by atoms with Crippen molar-refractivity contribution in [2.24, 2.45) is 0 Å². The van der Waals surface area contributed by atoms with Gasteiger partial charge in [0.2, 0.25) is 5.91 Å². The Morgan fingerprint density at radius 1 is 1.09 bits per heavy atom. The van der Waals surface area contributed by atoms with Crippen LogP contribution in [-0.2, 0) is 11.2 Å². The number of methoxy groups -OCH3 is 1. The first-order valence-corrected chi connectivity index (χ1v) is 11.0. The van der Waals surface area contributed by atoms with E-state index in [2.05, 4.69) is 17.6 Å². The van der Waals surface area contributed by atoms with Gasteiger partial charge in [0, 0.05) is 32.3 Å². The maximum Gasteiger partial charge on any atom is 0.273 e. The van der Waals surface area contributed by atoms with E-state index >= 15 is 0 Å². The van der Waals surface area contributed by atoms with Crippen LogP contribution < -0.4 is 4.74 Å². The van der Waals surface area contributed by atoms with Gasteiger partial charge in [-0.2, -0.15) is 0 Å². The lowest BCUT2D eigenvalue weighted by Crippen LogP contribution is -2.59. The molecule has 1 atom stereocenters. The summed E-state index contributed by atoms with van der Waals surface area (Å²) in [5.74, 6) is 0.507. The SMILES string of the molecule is C=CCN1CCN(C(=O)c2ccccn2)[C@@H](Cc2cccc(-c3ccc(OC)cc3)c2)C1=O. The molecule has 2 heterocycles. The molecule has 168 valence electrons. The molecule has 0 N–H and O–H groups in total. The lowest BCUT2D eigenvalue weighted by atomic mass is 9.97. The number of ether oxygens (including phenoxy) is 1. The standard InChI is InChI=1S/C27H27N3O3/c1-3-15-29-16-17-30(26(31)24-9-4-5-14-28-24)25(27(29)32)19-20-7-6-8-22(18-20)21-10-12-23(33-2)13-11-21/h3-14,18,25H,1,15-17,19H2,2H3/t25-/m0/s1. The zero-order valence-electron chi connectivity index (χ0n) is 18.7. The second-order valence-corrected chi connectivity index (χ2v) is 7.94. The van der Waals surface area contributed by atoms with Gasteiger partial charge in [0.1, 0.15) is 17.5 Å². The average Bonchev–Trinajstić information content (AvgIpc) is 2.87. The summed E-state index contributed by atoms with van der Waals surface area (Å²) in [6.45, 7) is 5.16. The van der Waals surface area contributed by atoms with E-state index in [1.54, 1.807) is 47.4 Å². The molecular formula is C27H27N3O3. The zero-order chi connectivity index (χ0) is 23.2. The second-order valence-electron chi connectivity index (χ2n) is 7.94. The molecule has 1 saturated heterocycles. The Hall–Kier alpha value is -3.93. The third-order valence-electron chi connectivity index (χ3n) is 5.86. The highest BCUT2D eigenvalue weighted by Crippen LogP contribution is 2.25. The van der Waals surface area contributed by atoms with Crippen LogP contribution in [0.1, 0.15) is 16.1 Å². The normalized spacial score (nSPS) is 15.9. The van der Waals surface area contributed by atoms with Gasteiger partial charge in [-0.25, -0.2) is 0 Å². The molecular weight excluding hydrogens is 414 g/mol. The van der Waals surface area contributed by atoms with Gasteiger partial charge in [-0.3, -0.25) is 14.6 Å². The fourth-order valence-electron chi connectivity index (χ4n) is 4.14. The highest BCUT2D eigenvalue weighted by Gasteiger charge is 2.37. The number of rotatable bonds is 7. The summed E-state index contributed by atoms with van der Waals surface area (Å²) in [7, 11) is 1.64. The predicted octanol–water partition coefficient (Wildman–Crippen LogP) is 3.84. The molecule has 4 rings (SSSR count). The van der Waals surface area contributed by atoms with Crippen LogP contribution in [0.4, 0.5) is 0 Å². The number of hydrogen-bond donors (Lipinski definition) is 0. The van der Waals surface area contributed by atoms with E-state index in [-0.39, 0.29) is 11.8 Å². The fraction of sp³-hybridized carbons (Fsp3) is 0.222. The minimum atomic E-state index is -0.598. The Bertz CT molecular complexity index is 1130. The zero-order valence-corrected chi connectivity index (χ0v) is 18.7. The Morgan fingerprint density at radius 3 is 2.61 bits per heavy atom. The van der Waals surface area contributed by atoms with E-state index < -0.39 is 6.04 Å². The third-order valence-corrected chi connectivity index (χ3v) is 5.86. The molecule has 2 amide bonds. The van der Waals surface area contributed by atoms with Crippen molar-refractivity contribution < 1.29 is 14.3 Å². The highest BCUT2D eigenvalue weighted by molar-refractivity contribution is 5.97. The van der Waals surface area contributed by atoms with Crippen molar-refractivity contribution in [1.82, 2.24) is 14.8 Å². The van der Waals surface area contributed by atoms with Gasteiger partial charge in [-0.15, -0.1) is 6.58 Å². The number of piperazine rings is 1. The number of aromatic nitrogens is 1. The smallest absolute Gasteiger partial charge is 0.273 e. The van der Waals surface area contributed by atoms with Crippen molar-refractivity contribution in [3.05, 3.63) is 96.8 Å². The van der Waals surface area contributed by atoms with Crippen LogP contribution in [0.15, 0.2) is 85.6 Å². The topological polar surface area (TPSA) is 62.7 Å². The van der Waals surface area contributed by atoms with Crippen molar-refractivity contribution in [3.63, 3.8) is 0 Å². The molecule has 1 fully saturated rings. The van der Waals surface area contributed by atoms with Crippen molar-refractivity contribution in [2.45, 2.75) is 12.5 Å². The highest BCUT2D eigenvalue weighted by atomic mass is 16.5. The summed E-state index contributed by atoms with van der Waals surface area (Å²) in [5.41, 5.74) is 3.44. The van der Waals surface area contributed by atoms with Crippen LogP contribution in [0.2, 0.25) is 0 Å². The van der Waals surface area contributed by atoms with E-state index in [1.807, 2.05) is 42.5 Å². The molecule has 6 heteroatoms. The monoisotopic (exact) mass is 441 g/mol. The predicted molar refractivity (Wildman–Crippen MR) is 128 cm³/mol. The quantitative estimate of drug-likeness (QED) is 0.523. The second kappa shape index (κ2) is 10.1. The Labute approximate surface area is 194 Å². The molecule has 6 nitrogen and oxygen atoms in total. The number of pyridine rings is 1. The van der Waals surface area contributed by atoms with E-state index in [1.165, 1.54) is 0 Å². The summed E-state index contributed by atoms with van der Waals surface area (Å²) in [6, 6.07) is 20.6. The van der Waals surface area contributed by atoms with Crippen molar-refractivity contribution in [2.75, 3.05) is 26.7 Å². The van der Waals surface area contributed by atoms with Crippen LogP contribution in [0.25, 0.3) is 11.1 Å². The first-order valence-electron chi connectivity index (χ1n) is 11.0. The number of nitrogens with zero attached hydrogens (tertiary/aromatic N) is 3. The Balaban J connectivity index is 1.62. The van der Waals surface area contributed by atoms with E-state index in [4.69, 9.17) is 4.74 Å². The first kappa shape index (κ1) is 22.3. The minimum absolute atomic E-state index is 0.0692. The van der Waals surface area contributed by atoms with Gasteiger partial charge >= 0.3 is 0 Å². The summed E-state index contributed by atoms with van der Waals surface area (Å²) < 4.78 is 5.25. The molecule has 0 aliphatic carbocycles. The van der Waals surface area contributed by atoms with Crippen LogP contribution in [-0.4, -0.2) is 59.4 Å². The van der Waals surface area contributed by atoms with Crippen LogP contribution in [0, 0.1) is 0 Å². The van der Waals surface area contributed by atoms with Crippen molar-refractivity contribution in [1.29, 1.82) is 0 Å². The van der Waals surface area contributed by atoms with Crippen LogP contribution in [0.3, 0.4) is 0 Å². The van der Waals surface area contributed by atoms with E-state index in [9.17, 15) is 9.59 Å². The molecule has 0 spiro atoms. The minimum Gasteiger partial charge on any atom is -0.497 e. The molecule has 3 aromatic rings. The molecule has 1 aromatic heterocycles. The molecule has 1 aliphatic rings. The van der Waals surface area contributed by atoms with Crippen LogP contribution in [0.5, 0.6) is 5.75 Å². The molecule has 0 radical (unpaired) electrons. The number of carbonyl (C=O) groups excluding carboxylic acids is 2. The van der Waals surface area contributed by atoms with Gasteiger partial charge in [0.25, 0.3) is 5.91 Å².